The number of amides is 1. The first kappa shape index (κ1) is 22.3. The fraction of sp³-hybridized carbons (Fsp3) is 0.185. The summed E-state index contributed by atoms with van der Waals surface area (Å²) in [6.45, 7) is 4.17. The molecule has 0 aliphatic carbocycles. The van der Waals surface area contributed by atoms with Gasteiger partial charge in [-0.2, -0.15) is 0 Å². The summed E-state index contributed by atoms with van der Waals surface area (Å²) in [5, 5.41) is 6.17. The zero-order chi connectivity index (χ0) is 23.6. The quantitative estimate of drug-likeness (QED) is 0.418. The number of carbonyl (C=O) groups is 2. The SMILES string of the molecule is COc1ccc2c(c1)C(=CC(=O)c1cccc(NC(=O)c3cccc(F)c3)c1)NC(C)(C)C2. The van der Waals surface area contributed by atoms with Gasteiger partial charge in [0.2, 0.25) is 0 Å². The molecule has 0 saturated carbocycles. The molecule has 168 valence electrons. The molecule has 1 heterocycles. The molecule has 4 rings (SSSR count). The number of anilines is 1. The second-order valence-electron chi connectivity index (χ2n) is 8.68. The van der Waals surface area contributed by atoms with Gasteiger partial charge in [-0.05, 0) is 68.3 Å². The van der Waals surface area contributed by atoms with Crippen molar-refractivity contribution in [2.24, 2.45) is 0 Å². The van der Waals surface area contributed by atoms with E-state index in [1.807, 2.05) is 18.2 Å². The molecule has 0 atom stereocenters. The van der Waals surface area contributed by atoms with Crippen LogP contribution in [0.4, 0.5) is 10.1 Å². The number of rotatable bonds is 5. The molecule has 1 amide bonds. The summed E-state index contributed by atoms with van der Waals surface area (Å²) < 4.78 is 18.8. The van der Waals surface area contributed by atoms with E-state index in [0.29, 0.717) is 11.3 Å². The highest BCUT2D eigenvalue weighted by molar-refractivity contribution is 6.10. The highest BCUT2D eigenvalue weighted by atomic mass is 19.1. The Hall–Kier alpha value is -3.93. The molecule has 1 aliphatic rings. The Bertz CT molecular complexity index is 1260. The van der Waals surface area contributed by atoms with E-state index in [-0.39, 0.29) is 16.9 Å². The van der Waals surface area contributed by atoms with Crippen LogP contribution in [0.1, 0.15) is 45.7 Å². The average molecular weight is 445 g/mol. The van der Waals surface area contributed by atoms with Crippen molar-refractivity contribution in [2.75, 3.05) is 12.4 Å². The number of methoxy groups -OCH3 is 1. The summed E-state index contributed by atoms with van der Waals surface area (Å²) in [5.41, 5.74) is 3.65. The number of hydrogen-bond acceptors (Lipinski definition) is 4. The van der Waals surface area contributed by atoms with Crippen LogP contribution in [-0.2, 0) is 6.42 Å². The number of nitrogens with one attached hydrogen (secondary N) is 2. The van der Waals surface area contributed by atoms with Crippen molar-refractivity contribution < 1.29 is 18.7 Å². The zero-order valence-electron chi connectivity index (χ0n) is 18.7. The van der Waals surface area contributed by atoms with E-state index in [9.17, 15) is 14.0 Å². The summed E-state index contributed by atoms with van der Waals surface area (Å²) in [7, 11) is 1.61. The Labute approximate surface area is 192 Å². The van der Waals surface area contributed by atoms with E-state index in [1.165, 1.54) is 18.2 Å². The maximum absolute atomic E-state index is 13.4. The monoisotopic (exact) mass is 444 g/mol. The minimum absolute atomic E-state index is 0.202. The van der Waals surface area contributed by atoms with Gasteiger partial charge in [-0.3, -0.25) is 9.59 Å². The molecule has 33 heavy (non-hydrogen) atoms. The summed E-state index contributed by atoms with van der Waals surface area (Å²) in [6.07, 6.45) is 2.39. The van der Waals surface area contributed by atoms with Crippen LogP contribution in [0, 0.1) is 5.82 Å². The molecule has 1 aliphatic heterocycles. The third kappa shape index (κ3) is 5.12. The maximum Gasteiger partial charge on any atom is 0.255 e. The van der Waals surface area contributed by atoms with Crippen LogP contribution in [-0.4, -0.2) is 24.3 Å². The number of allylic oxidation sites excluding steroid dienone is 1. The molecule has 0 radical (unpaired) electrons. The Morgan fingerprint density at radius 1 is 1.03 bits per heavy atom. The minimum Gasteiger partial charge on any atom is -0.497 e. The molecular formula is C27H25FN2O3. The lowest BCUT2D eigenvalue weighted by Crippen LogP contribution is -2.43. The molecule has 0 spiro atoms. The lowest BCUT2D eigenvalue weighted by atomic mass is 9.85. The van der Waals surface area contributed by atoms with Gasteiger partial charge >= 0.3 is 0 Å². The van der Waals surface area contributed by atoms with E-state index in [2.05, 4.69) is 24.5 Å². The number of benzene rings is 3. The predicted octanol–water partition coefficient (Wildman–Crippen LogP) is 5.23. The third-order valence-corrected chi connectivity index (χ3v) is 5.48. The summed E-state index contributed by atoms with van der Waals surface area (Å²) in [6, 6.07) is 18.0. The average Bonchev–Trinajstić information content (AvgIpc) is 2.78. The number of ether oxygens (including phenoxy) is 1. The Balaban J connectivity index is 1.61. The first-order valence-corrected chi connectivity index (χ1v) is 10.6. The molecule has 0 fully saturated rings. The number of fused-ring (bicyclic) bond motifs is 1. The molecule has 0 unspecified atom stereocenters. The van der Waals surface area contributed by atoms with Gasteiger partial charge in [0.25, 0.3) is 5.91 Å². The molecular weight excluding hydrogens is 419 g/mol. The van der Waals surface area contributed by atoms with Crippen LogP contribution < -0.4 is 15.4 Å². The molecule has 0 aromatic heterocycles. The van der Waals surface area contributed by atoms with Gasteiger partial charge in [0, 0.05) is 39.7 Å². The van der Waals surface area contributed by atoms with E-state index in [0.717, 1.165) is 35.1 Å². The first-order chi connectivity index (χ1) is 15.7. The fourth-order valence-corrected chi connectivity index (χ4v) is 3.95. The van der Waals surface area contributed by atoms with Crippen molar-refractivity contribution in [3.05, 3.63) is 101 Å². The lowest BCUT2D eigenvalue weighted by Gasteiger charge is -2.35. The molecule has 0 bridgehead atoms. The Morgan fingerprint density at radius 3 is 2.55 bits per heavy atom. The van der Waals surface area contributed by atoms with Crippen molar-refractivity contribution in [3.8, 4) is 5.75 Å². The van der Waals surface area contributed by atoms with Gasteiger partial charge in [0.05, 0.1) is 7.11 Å². The van der Waals surface area contributed by atoms with E-state index in [4.69, 9.17) is 4.74 Å². The van der Waals surface area contributed by atoms with Crippen LogP contribution >= 0.6 is 0 Å². The van der Waals surface area contributed by atoms with E-state index < -0.39 is 11.7 Å². The largest absolute Gasteiger partial charge is 0.497 e. The third-order valence-electron chi connectivity index (χ3n) is 5.48. The number of carbonyl (C=O) groups excluding carboxylic acids is 2. The van der Waals surface area contributed by atoms with Crippen molar-refractivity contribution in [1.29, 1.82) is 0 Å². The van der Waals surface area contributed by atoms with Crippen molar-refractivity contribution in [3.63, 3.8) is 0 Å². The van der Waals surface area contributed by atoms with E-state index in [1.54, 1.807) is 37.5 Å². The molecule has 5 nitrogen and oxygen atoms in total. The van der Waals surface area contributed by atoms with Crippen molar-refractivity contribution in [2.45, 2.75) is 25.8 Å². The van der Waals surface area contributed by atoms with Crippen molar-refractivity contribution >= 4 is 23.1 Å². The number of hydrogen-bond donors (Lipinski definition) is 2. The molecule has 0 saturated heterocycles. The summed E-state index contributed by atoms with van der Waals surface area (Å²) >= 11 is 0. The van der Waals surface area contributed by atoms with Gasteiger partial charge in [0.1, 0.15) is 11.6 Å². The van der Waals surface area contributed by atoms with E-state index >= 15 is 0 Å². The van der Waals surface area contributed by atoms with Crippen LogP contribution in [0.5, 0.6) is 5.75 Å². The predicted molar refractivity (Wildman–Crippen MR) is 127 cm³/mol. The smallest absolute Gasteiger partial charge is 0.255 e. The lowest BCUT2D eigenvalue weighted by molar-refractivity contribution is 0.102. The van der Waals surface area contributed by atoms with Gasteiger partial charge in [-0.15, -0.1) is 0 Å². The second-order valence-corrected chi connectivity index (χ2v) is 8.68. The first-order valence-electron chi connectivity index (χ1n) is 10.6. The molecule has 2 N–H and O–H groups in total. The fourth-order valence-electron chi connectivity index (χ4n) is 3.95. The Morgan fingerprint density at radius 2 is 1.79 bits per heavy atom. The zero-order valence-corrected chi connectivity index (χ0v) is 18.7. The van der Waals surface area contributed by atoms with Gasteiger partial charge in [-0.1, -0.05) is 24.3 Å². The minimum atomic E-state index is -0.488. The molecule has 6 heteroatoms. The van der Waals surface area contributed by atoms with Crippen LogP contribution in [0.25, 0.3) is 5.70 Å². The summed E-state index contributed by atoms with van der Waals surface area (Å²) in [4.78, 5) is 25.6. The van der Waals surface area contributed by atoms with Gasteiger partial charge < -0.3 is 15.4 Å². The van der Waals surface area contributed by atoms with Crippen LogP contribution in [0.3, 0.4) is 0 Å². The molecule has 3 aromatic carbocycles. The standard InChI is InChI=1S/C27H25FN2O3/c1-27(2)16-19-10-11-22(33-3)14-23(19)24(30-27)15-25(31)17-6-5-9-21(13-17)29-26(32)18-7-4-8-20(28)12-18/h4-15,30H,16H2,1-3H3,(H,29,32). The number of halogens is 1. The normalized spacial score (nSPS) is 15.3. The van der Waals surface area contributed by atoms with Crippen LogP contribution in [0.15, 0.2) is 72.8 Å². The van der Waals surface area contributed by atoms with Crippen molar-refractivity contribution in [1.82, 2.24) is 5.32 Å². The highest BCUT2D eigenvalue weighted by Gasteiger charge is 2.28. The number of ketones is 1. The second kappa shape index (κ2) is 8.90. The summed E-state index contributed by atoms with van der Waals surface area (Å²) in [5.74, 6) is -0.423. The topological polar surface area (TPSA) is 67.4 Å². The van der Waals surface area contributed by atoms with Gasteiger partial charge in [0.15, 0.2) is 5.78 Å². The Kier molecular flexibility index (Phi) is 6.01. The maximum atomic E-state index is 13.4. The highest BCUT2D eigenvalue weighted by Crippen LogP contribution is 2.32. The molecule has 3 aromatic rings. The van der Waals surface area contributed by atoms with Crippen LogP contribution in [0.2, 0.25) is 0 Å². The van der Waals surface area contributed by atoms with Gasteiger partial charge in [-0.25, -0.2) is 4.39 Å².